The number of hydrogen-bond donors (Lipinski definition) is 1. The molecule has 0 aliphatic heterocycles. The van der Waals surface area contributed by atoms with E-state index in [0.29, 0.717) is 18.4 Å². The summed E-state index contributed by atoms with van der Waals surface area (Å²) < 4.78 is 39.3. The number of carbonyl (C=O) groups excluding carboxylic acids is 1. The Kier molecular flexibility index (Phi) is 5.63. The van der Waals surface area contributed by atoms with Crippen LogP contribution in [0.2, 0.25) is 0 Å². The molecule has 0 saturated heterocycles. The predicted molar refractivity (Wildman–Crippen MR) is 86.4 cm³/mol. The van der Waals surface area contributed by atoms with Gasteiger partial charge in [0.1, 0.15) is 5.82 Å². The van der Waals surface area contributed by atoms with Crippen LogP contribution in [0.3, 0.4) is 0 Å². The van der Waals surface area contributed by atoms with Crippen molar-refractivity contribution in [3.05, 3.63) is 65.5 Å². The molecule has 0 saturated carbocycles. The molecule has 0 unspecified atom stereocenters. The quantitative estimate of drug-likeness (QED) is 0.625. The first-order valence-electron chi connectivity index (χ1n) is 7.23. The van der Waals surface area contributed by atoms with Crippen LogP contribution < -0.4 is 4.72 Å². The van der Waals surface area contributed by atoms with Gasteiger partial charge < -0.3 is 0 Å². The van der Waals surface area contributed by atoms with Gasteiger partial charge in [-0.3, -0.25) is 4.79 Å². The van der Waals surface area contributed by atoms with Gasteiger partial charge in [-0.1, -0.05) is 24.3 Å². The second-order valence-electron chi connectivity index (χ2n) is 5.21. The van der Waals surface area contributed by atoms with Crippen LogP contribution in [0.25, 0.3) is 0 Å². The summed E-state index contributed by atoms with van der Waals surface area (Å²) in [6, 6.07) is 12.0. The minimum Gasteiger partial charge on any atom is -0.295 e. The highest BCUT2D eigenvalue weighted by Gasteiger charge is 2.12. The molecule has 0 spiro atoms. The number of carbonyl (C=O) groups is 1. The molecule has 0 heterocycles. The zero-order valence-electron chi connectivity index (χ0n) is 12.8. The van der Waals surface area contributed by atoms with Gasteiger partial charge in [-0.05, 0) is 49.6 Å². The Bertz CT molecular complexity index is 768. The molecule has 23 heavy (non-hydrogen) atoms. The highest BCUT2D eigenvalue weighted by Crippen LogP contribution is 2.10. The fourth-order valence-electron chi connectivity index (χ4n) is 2.10. The van der Waals surface area contributed by atoms with Gasteiger partial charge >= 0.3 is 0 Å². The van der Waals surface area contributed by atoms with Crippen LogP contribution in [-0.4, -0.2) is 20.7 Å². The van der Waals surface area contributed by atoms with E-state index in [0.717, 1.165) is 17.7 Å². The van der Waals surface area contributed by atoms with Gasteiger partial charge in [0.15, 0.2) is 5.78 Å². The summed E-state index contributed by atoms with van der Waals surface area (Å²) in [6.45, 7) is 1.80. The molecular formula is C17H18FNO3S. The van der Waals surface area contributed by atoms with Crippen molar-refractivity contribution in [2.45, 2.75) is 24.7 Å². The van der Waals surface area contributed by atoms with Crippen LogP contribution in [0.5, 0.6) is 0 Å². The van der Waals surface area contributed by atoms with E-state index in [1.54, 1.807) is 12.1 Å². The largest absolute Gasteiger partial charge is 0.295 e. The van der Waals surface area contributed by atoms with Crippen LogP contribution in [0, 0.1) is 5.82 Å². The van der Waals surface area contributed by atoms with Crippen molar-refractivity contribution >= 4 is 15.8 Å². The van der Waals surface area contributed by atoms with E-state index in [4.69, 9.17) is 0 Å². The molecular weight excluding hydrogens is 317 g/mol. The number of halogens is 1. The summed E-state index contributed by atoms with van der Waals surface area (Å²) in [5, 5.41) is 0. The average molecular weight is 335 g/mol. The van der Waals surface area contributed by atoms with Crippen molar-refractivity contribution in [3.63, 3.8) is 0 Å². The highest BCUT2D eigenvalue weighted by molar-refractivity contribution is 7.89. The fraction of sp³-hybridized carbons (Fsp3) is 0.235. The van der Waals surface area contributed by atoms with Gasteiger partial charge in [0.05, 0.1) is 4.90 Å². The Morgan fingerprint density at radius 2 is 1.65 bits per heavy atom. The standard InChI is InChI=1S/C17H18FNO3S/c1-13(20)15-6-4-14(5-7-15)3-2-12-19-23(21,22)17-10-8-16(18)9-11-17/h4-11,19H,2-3,12H2,1H3. The van der Waals surface area contributed by atoms with E-state index >= 15 is 0 Å². The number of aryl methyl sites for hydroxylation is 1. The first-order chi connectivity index (χ1) is 10.9. The topological polar surface area (TPSA) is 63.2 Å². The Morgan fingerprint density at radius 3 is 2.22 bits per heavy atom. The lowest BCUT2D eigenvalue weighted by Crippen LogP contribution is -2.25. The number of rotatable bonds is 7. The van der Waals surface area contributed by atoms with Gasteiger partial charge in [0.2, 0.25) is 10.0 Å². The number of ketones is 1. The van der Waals surface area contributed by atoms with Gasteiger partial charge in [0, 0.05) is 12.1 Å². The second kappa shape index (κ2) is 7.48. The van der Waals surface area contributed by atoms with Crippen molar-refractivity contribution in [1.29, 1.82) is 0 Å². The molecule has 0 fully saturated rings. The van der Waals surface area contributed by atoms with Crippen molar-refractivity contribution < 1.29 is 17.6 Å². The van der Waals surface area contributed by atoms with Gasteiger partial charge in [-0.15, -0.1) is 0 Å². The summed E-state index contributed by atoms with van der Waals surface area (Å²) in [4.78, 5) is 11.2. The Morgan fingerprint density at radius 1 is 1.04 bits per heavy atom. The van der Waals surface area contributed by atoms with Crippen LogP contribution in [-0.2, 0) is 16.4 Å². The minimum absolute atomic E-state index is 0.0172. The molecule has 2 rings (SSSR count). The van der Waals surface area contributed by atoms with Crippen molar-refractivity contribution in [3.8, 4) is 0 Å². The maximum atomic E-state index is 12.8. The van der Waals surface area contributed by atoms with E-state index in [2.05, 4.69) is 4.72 Å². The maximum Gasteiger partial charge on any atom is 0.240 e. The number of nitrogens with one attached hydrogen (secondary N) is 1. The Hall–Kier alpha value is -2.05. The molecule has 6 heteroatoms. The summed E-state index contributed by atoms with van der Waals surface area (Å²) in [5.41, 5.74) is 1.70. The molecule has 0 aliphatic carbocycles. The molecule has 4 nitrogen and oxygen atoms in total. The number of hydrogen-bond acceptors (Lipinski definition) is 3. The highest BCUT2D eigenvalue weighted by atomic mass is 32.2. The molecule has 2 aromatic carbocycles. The van der Waals surface area contributed by atoms with Crippen LogP contribution in [0.1, 0.15) is 29.3 Å². The third-order valence-corrected chi connectivity index (χ3v) is 4.90. The summed E-state index contributed by atoms with van der Waals surface area (Å²) in [5.74, 6) is -0.457. The molecule has 0 bridgehead atoms. The number of benzene rings is 2. The molecule has 0 radical (unpaired) electrons. The van der Waals surface area contributed by atoms with E-state index in [1.165, 1.54) is 19.1 Å². The number of sulfonamides is 1. The van der Waals surface area contributed by atoms with Crippen molar-refractivity contribution in [2.75, 3.05) is 6.54 Å². The summed E-state index contributed by atoms with van der Waals surface area (Å²) in [7, 11) is -3.61. The molecule has 122 valence electrons. The van der Waals surface area contributed by atoms with Crippen LogP contribution in [0.15, 0.2) is 53.4 Å². The second-order valence-corrected chi connectivity index (χ2v) is 6.98. The lowest BCUT2D eigenvalue weighted by molar-refractivity contribution is 0.101. The summed E-state index contributed by atoms with van der Waals surface area (Å²) in [6.07, 6.45) is 1.32. The lowest BCUT2D eigenvalue weighted by atomic mass is 10.1. The lowest BCUT2D eigenvalue weighted by Gasteiger charge is -2.07. The van der Waals surface area contributed by atoms with E-state index in [-0.39, 0.29) is 17.2 Å². The third kappa shape index (κ3) is 4.97. The molecule has 0 amide bonds. The van der Waals surface area contributed by atoms with Crippen LogP contribution in [0.4, 0.5) is 4.39 Å². The smallest absolute Gasteiger partial charge is 0.240 e. The van der Waals surface area contributed by atoms with E-state index in [9.17, 15) is 17.6 Å². The first-order valence-corrected chi connectivity index (χ1v) is 8.72. The number of Topliss-reactive ketones (excluding diaryl/α,β-unsaturated/α-hetero) is 1. The predicted octanol–water partition coefficient (Wildman–Crippen LogP) is 2.94. The Labute approximate surface area is 135 Å². The maximum absolute atomic E-state index is 12.8. The van der Waals surface area contributed by atoms with E-state index < -0.39 is 15.8 Å². The zero-order chi connectivity index (χ0) is 16.9. The minimum atomic E-state index is -3.61. The fourth-order valence-corrected chi connectivity index (χ4v) is 3.18. The van der Waals surface area contributed by atoms with Crippen molar-refractivity contribution in [1.82, 2.24) is 4.72 Å². The average Bonchev–Trinajstić information content (AvgIpc) is 2.52. The Balaban J connectivity index is 1.84. The molecule has 1 N–H and O–H groups in total. The third-order valence-electron chi connectivity index (χ3n) is 3.42. The summed E-state index contributed by atoms with van der Waals surface area (Å²) >= 11 is 0. The molecule has 0 aliphatic rings. The van der Waals surface area contributed by atoms with Gasteiger partial charge in [-0.2, -0.15) is 0 Å². The normalized spacial score (nSPS) is 11.4. The zero-order valence-corrected chi connectivity index (χ0v) is 13.6. The SMILES string of the molecule is CC(=O)c1ccc(CCCNS(=O)(=O)c2ccc(F)cc2)cc1. The van der Waals surface area contributed by atoms with Gasteiger partial charge in [0.25, 0.3) is 0 Å². The monoisotopic (exact) mass is 335 g/mol. The van der Waals surface area contributed by atoms with E-state index in [1.807, 2.05) is 12.1 Å². The molecule has 0 aromatic heterocycles. The van der Waals surface area contributed by atoms with Crippen molar-refractivity contribution in [2.24, 2.45) is 0 Å². The first kappa shape index (κ1) is 17.3. The molecule has 0 atom stereocenters. The van der Waals surface area contributed by atoms with Gasteiger partial charge in [-0.25, -0.2) is 17.5 Å². The van der Waals surface area contributed by atoms with Crippen LogP contribution >= 0.6 is 0 Å². The molecule has 2 aromatic rings.